The third-order valence-corrected chi connectivity index (χ3v) is 2.57. The van der Waals surface area contributed by atoms with Crippen molar-refractivity contribution in [1.82, 2.24) is 0 Å². The Bertz CT molecular complexity index is 261. The summed E-state index contributed by atoms with van der Waals surface area (Å²) in [5, 5.41) is 0. The second-order valence-electron chi connectivity index (χ2n) is 3.57. The molecule has 0 bridgehead atoms. The SMILES string of the molecule is CCCCc1[c]ccc(C)c1CC. The summed E-state index contributed by atoms with van der Waals surface area (Å²) in [6.07, 6.45) is 4.89. The Hall–Kier alpha value is -0.780. The Morgan fingerprint density at radius 1 is 1.31 bits per heavy atom. The van der Waals surface area contributed by atoms with Crippen molar-refractivity contribution in [2.75, 3.05) is 0 Å². The van der Waals surface area contributed by atoms with Crippen molar-refractivity contribution < 1.29 is 0 Å². The highest BCUT2D eigenvalue weighted by Crippen LogP contribution is 2.16. The topological polar surface area (TPSA) is 0 Å². The van der Waals surface area contributed by atoms with Gasteiger partial charge in [-0.3, -0.25) is 0 Å². The predicted octanol–water partition coefficient (Wildman–Crippen LogP) is 3.70. The minimum Gasteiger partial charge on any atom is -0.0654 e. The van der Waals surface area contributed by atoms with Gasteiger partial charge < -0.3 is 0 Å². The molecular weight excluding hydrogens is 156 g/mol. The zero-order chi connectivity index (χ0) is 9.68. The summed E-state index contributed by atoms with van der Waals surface area (Å²) in [5.41, 5.74) is 4.37. The molecule has 1 aromatic rings. The smallest absolute Gasteiger partial charge is 0.0146 e. The third-order valence-electron chi connectivity index (χ3n) is 2.57. The zero-order valence-corrected chi connectivity index (χ0v) is 8.98. The lowest BCUT2D eigenvalue weighted by atomic mass is 9.96. The Morgan fingerprint density at radius 3 is 2.69 bits per heavy atom. The molecule has 0 saturated heterocycles. The molecule has 0 aliphatic rings. The maximum Gasteiger partial charge on any atom is -0.0146 e. The maximum atomic E-state index is 3.36. The molecule has 1 aromatic carbocycles. The van der Waals surface area contributed by atoms with E-state index in [1.807, 2.05) is 0 Å². The molecule has 0 atom stereocenters. The van der Waals surface area contributed by atoms with E-state index in [1.165, 1.54) is 36.0 Å². The Morgan fingerprint density at radius 2 is 2.08 bits per heavy atom. The first kappa shape index (κ1) is 10.3. The summed E-state index contributed by atoms with van der Waals surface area (Å²) in [7, 11) is 0. The molecule has 0 spiro atoms. The number of hydrogen-bond acceptors (Lipinski definition) is 0. The highest BCUT2D eigenvalue weighted by molar-refractivity contribution is 5.33. The fourth-order valence-electron chi connectivity index (χ4n) is 1.76. The van der Waals surface area contributed by atoms with Crippen LogP contribution in [-0.2, 0) is 12.8 Å². The van der Waals surface area contributed by atoms with E-state index < -0.39 is 0 Å². The minimum atomic E-state index is 1.14. The van der Waals surface area contributed by atoms with Crippen molar-refractivity contribution >= 4 is 0 Å². The molecule has 0 fully saturated rings. The number of hydrogen-bond donors (Lipinski definition) is 0. The quantitative estimate of drug-likeness (QED) is 0.654. The number of benzene rings is 1. The molecule has 13 heavy (non-hydrogen) atoms. The van der Waals surface area contributed by atoms with E-state index in [0.717, 1.165) is 6.42 Å². The Balaban J connectivity index is 2.85. The second kappa shape index (κ2) is 5.06. The molecule has 0 aromatic heterocycles. The van der Waals surface area contributed by atoms with Gasteiger partial charge in [-0.05, 0) is 48.9 Å². The van der Waals surface area contributed by atoms with E-state index in [4.69, 9.17) is 0 Å². The normalized spacial score (nSPS) is 10.4. The lowest BCUT2D eigenvalue weighted by Crippen LogP contribution is -1.96. The molecule has 1 radical (unpaired) electrons. The van der Waals surface area contributed by atoms with Crippen LogP contribution in [0.5, 0.6) is 0 Å². The van der Waals surface area contributed by atoms with Crippen LogP contribution in [-0.4, -0.2) is 0 Å². The van der Waals surface area contributed by atoms with Gasteiger partial charge in [-0.1, -0.05) is 32.4 Å². The van der Waals surface area contributed by atoms with Gasteiger partial charge in [0.15, 0.2) is 0 Å². The molecule has 0 saturated carbocycles. The van der Waals surface area contributed by atoms with E-state index in [0.29, 0.717) is 0 Å². The van der Waals surface area contributed by atoms with Crippen LogP contribution in [0.1, 0.15) is 43.4 Å². The van der Waals surface area contributed by atoms with Crippen LogP contribution in [0, 0.1) is 13.0 Å². The fourth-order valence-corrected chi connectivity index (χ4v) is 1.76. The first-order chi connectivity index (χ1) is 6.29. The van der Waals surface area contributed by atoms with Gasteiger partial charge in [-0.25, -0.2) is 0 Å². The Kier molecular flexibility index (Phi) is 4.01. The largest absolute Gasteiger partial charge is 0.0654 e. The van der Waals surface area contributed by atoms with Gasteiger partial charge in [0.05, 0.1) is 0 Å². The fraction of sp³-hybridized carbons (Fsp3) is 0.538. The lowest BCUT2D eigenvalue weighted by Gasteiger charge is -2.09. The average Bonchev–Trinajstić information content (AvgIpc) is 2.15. The van der Waals surface area contributed by atoms with Gasteiger partial charge in [-0.15, -0.1) is 0 Å². The van der Waals surface area contributed by atoms with Crippen LogP contribution in [0.4, 0.5) is 0 Å². The molecule has 0 N–H and O–H groups in total. The van der Waals surface area contributed by atoms with Gasteiger partial charge in [0.1, 0.15) is 0 Å². The lowest BCUT2D eigenvalue weighted by molar-refractivity contribution is 0.785. The standard InChI is InChI=1S/C13H19/c1-4-6-9-12-10-7-8-11(3)13(12)5-2/h7-8H,4-6,9H2,1-3H3. The van der Waals surface area contributed by atoms with Gasteiger partial charge in [-0.2, -0.15) is 0 Å². The number of unbranched alkanes of at least 4 members (excludes halogenated alkanes) is 1. The van der Waals surface area contributed by atoms with Gasteiger partial charge >= 0.3 is 0 Å². The molecule has 0 aliphatic heterocycles. The summed E-state index contributed by atoms with van der Waals surface area (Å²) in [6.45, 7) is 6.66. The highest BCUT2D eigenvalue weighted by atomic mass is 14.1. The first-order valence-corrected chi connectivity index (χ1v) is 5.28. The number of aryl methyl sites for hydroxylation is 2. The van der Waals surface area contributed by atoms with Crippen LogP contribution in [0.3, 0.4) is 0 Å². The van der Waals surface area contributed by atoms with Crippen LogP contribution in [0.15, 0.2) is 12.1 Å². The third kappa shape index (κ3) is 2.58. The van der Waals surface area contributed by atoms with E-state index in [1.54, 1.807) is 0 Å². The molecule has 0 nitrogen and oxygen atoms in total. The van der Waals surface area contributed by atoms with E-state index in [-0.39, 0.29) is 0 Å². The first-order valence-electron chi connectivity index (χ1n) is 5.28. The van der Waals surface area contributed by atoms with E-state index >= 15 is 0 Å². The second-order valence-corrected chi connectivity index (χ2v) is 3.57. The molecule has 0 heterocycles. The van der Waals surface area contributed by atoms with Crippen molar-refractivity contribution in [2.45, 2.75) is 46.5 Å². The summed E-state index contributed by atoms with van der Waals surface area (Å²) in [6, 6.07) is 7.58. The Labute approximate surface area is 82.0 Å². The van der Waals surface area contributed by atoms with Crippen molar-refractivity contribution in [3.05, 3.63) is 34.9 Å². The monoisotopic (exact) mass is 175 g/mol. The van der Waals surface area contributed by atoms with Crippen LogP contribution >= 0.6 is 0 Å². The van der Waals surface area contributed by atoms with Crippen molar-refractivity contribution in [1.29, 1.82) is 0 Å². The summed E-state index contributed by atoms with van der Waals surface area (Å²) in [4.78, 5) is 0. The summed E-state index contributed by atoms with van der Waals surface area (Å²) in [5.74, 6) is 0. The minimum absolute atomic E-state index is 1.14. The highest BCUT2D eigenvalue weighted by Gasteiger charge is 2.02. The molecule has 71 valence electrons. The molecular formula is C13H19. The van der Waals surface area contributed by atoms with Gasteiger partial charge in [0.25, 0.3) is 0 Å². The maximum absolute atomic E-state index is 3.36. The average molecular weight is 175 g/mol. The van der Waals surface area contributed by atoms with Crippen molar-refractivity contribution in [3.63, 3.8) is 0 Å². The zero-order valence-electron chi connectivity index (χ0n) is 8.98. The molecule has 0 unspecified atom stereocenters. The van der Waals surface area contributed by atoms with Crippen molar-refractivity contribution in [3.8, 4) is 0 Å². The van der Waals surface area contributed by atoms with Crippen LogP contribution in [0.25, 0.3) is 0 Å². The molecule has 0 amide bonds. The van der Waals surface area contributed by atoms with Crippen molar-refractivity contribution in [2.24, 2.45) is 0 Å². The predicted molar refractivity (Wildman–Crippen MR) is 58.0 cm³/mol. The van der Waals surface area contributed by atoms with E-state index in [9.17, 15) is 0 Å². The molecule has 0 heteroatoms. The van der Waals surface area contributed by atoms with E-state index in [2.05, 4.69) is 39.0 Å². The summed E-state index contributed by atoms with van der Waals surface area (Å²) < 4.78 is 0. The molecule has 0 aliphatic carbocycles. The van der Waals surface area contributed by atoms with Crippen LogP contribution < -0.4 is 0 Å². The number of rotatable bonds is 4. The van der Waals surface area contributed by atoms with Gasteiger partial charge in [0.2, 0.25) is 0 Å². The molecule has 1 rings (SSSR count). The van der Waals surface area contributed by atoms with Crippen LogP contribution in [0.2, 0.25) is 0 Å². The summed E-state index contributed by atoms with van der Waals surface area (Å²) >= 11 is 0. The van der Waals surface area contributed by atoms with Gasteiger partial charge in [0, 0.05) is 0 Å².